The number of fused-ring (bicyclic) bond motifs is 3. The third-order valence-corrected chi connectivity index (χ3v) is 7.31. The van der Waals surface area contributed by atoms with E-state index in [1.807, 2.05) is 0 Å². The number of Topliss-reactive ketones (excluding diaryl/α,β-unsaturated/α-hetero) is 4. The van der Waals surface area contributed by atoms with Gasteiger partial charge in [-0.3, -0.25) is 28.9 Å². The number of hydrogen-bond acceptors (Lipinski definition) is 9. The van der Waals surface area contributed by atoms with Gasteiger partial charge in [-0.2, -0.15) is 0 Å². The Kier molecular flexibility index (Phi) is 5.05. The summed E-state index contributed by atoms with van der Waals surface area (Å²) in [6.07, 6.45) is -1.75. The number of nitrogens with zero attached hydrogens (tertiary/aromatic N) is 1. The van der Waals surface area contributed by atoms with Gasteiger partial charge in [0.1, 0.15) is 5.75 Å². The Bertz CT molecular complexity index is 1100. The average molecular weight is 465 g/mol. The number of phenols is 1. The summed E-state index contributed by atoms with van der Waals surface area (Å²) in [4.78, 5) is 66.1. The number of ketones is 4. The first-order chi connectivity index (χ1) is 14.8. The molecular weight excluding hydrogens is 444 g/mol. The van der Waals surface area contributed by atoms with Gasteiger partial charge in [-0.1, -0.05) is 11.6 Å². The van der Waals surface area contributed by atoms with Gasteiger partial charge in [0.2, 0.25) is 5.91 Å². The number of hydrogen-bond donors (Lipinski definition) is 4. The predicted molar refractivity (Wildman–Crippen MR) is 108 cm³/mol. The van der Waals surface area contributed by atoms with Gasteiger partial charge < -0.3 is 21.1 Å². The smallest absolute Gasteiger partial charge is 0.235 e. The van der Waals surface area contributed by atoms with Crippen LogP contribution in [-0.2, 0) is 19.2 Å². The molecule has 0 heterocycles. The highest BCUT2D eigenvalue weighted by molar-refractivity contribution is 6.34. The Balaban J connectivity index is 1.93. The summed E-state index contributed by atoms with van der Waals surface area (Å²) in [6, 6.07) is 1.18. The van der Waals surface area contributed by atoms with Crippen molar-refractivity contribution in [3.63, 3.8) is 0 Å². The normalized spacial score (nSPS) is 36.6. The van der Waals surface area contributed by atoms with Crippen molar-refractivity contribution in [2.75, 3.05) is 14.1 Å². The van der Waals surface area contributed by atoms with Gasteiger partial charge in [0.15, 0.2) is 34.7 Å². The summed E-state index contributed by atoms with van der Waals surface area (Å²) >= 11 is 6.16. The fourth-order valence-corrected chi connectivity index (χ4v) is 5.87. The van der Waals surface area contributed by atoms with E-state index < -0.39 is 76.2 Å². The molecule has 1 amide bonds. The number of phenolic OH excluding ortho intramolecular Hbond substituents is 1. The Morgan fingerprint density at radius 1 is 1.19 bits per heavy atom. The highest BCUT2D eigenvalue weighted by atomic mass is 35.5. The Morgan fingerprint density at radius 2 is 1.81 bits per heavy atom. The second-order valence-corrected chi connectivity index (χ2v) is 9.20. The van der Waals surface area contributed by atoms with Gasteiger partial charge >= 0.3 is 0 Å². The Hall–Kier alpha value is -2.66. The number of likely N-dealkylation sites (N-methyl/N-ethyl adjacent to an activating group) is 1. The summed E-state index contributed by atoms with van der Waals surface area (Å²) in [5, 5.41) is 32.6. The van der Waals surface area contributed by atoms with Crippen LogP contribution in [0.3, 0.4) is 0 Å². The quantitative estimate of drug-likeness (QED) is 0.400. The van der Waals surface area contributed by atoms with E-state index in [4.69, 9.17) is 17.3 Å². The van der Waals surface area contributed by atoms with Crippen LogP contribution in [0.25, 0.3) is 0 Å². The third kappa shape index (κ3) is 2.67. The molecule has 0 aromatic heterocycles. The first kappa shape index (κ1) is 22.5. The van der Waals surface area contributed by atoms with E-state index in [2.05, 4.69) is 0 Å². The Labute approximate surface area is 186 Å². The molecule has 1 aromatic rings. The minimum Gasteiger partial charge on any atom is -0.507 e. The summed E-state index contributed by atoms with van der Waals surface area (Å²) in [5.41, 5.74) is 1.98. The number of nitrogens with two attached hydrogens (primary N) is 1. The molecule has 3 aliphatic rings. The zero-order chi connectivity index (χ0) is 23.9. The molecule has 32 heavy (non-hydrogen) atoms. The van der Waals surface area contributed by atoms with E-state index in [0.717, 1.165) is 6.07 Å². The van der Waals surface area contributed by atoms with E-state index in [-0.39, 0.29) is 22.6 Å². The molecule has 2 saturated carbocycles. The van der Waals surface area contributed by atoms with Crippen molar-refractivity contribution in [2.24, 2.45) is 29.4 Å². The zero-order valence-corrected chi connectivity index (χ0v) is 17.9. The van der Waals surface area contributed by atoms with Crippen LogP contribution in [-0.4, -0.2) is 75.0 Å². The van der Waals surface area contributed by atoms with Gasteiger partial charge in [-0.05, 0) is 32.6 Å². The molecule has 10 nitrogen and oxygen atoms in total. The largest absolute Gasteiger partial charge is 0.507 e. The van der Waals surface area contributed by atoms with Crippen molar-refractivity contribution >= 4 is 40.6 Å². The van der Waals surface area contributed by atoms with Crippen molar-refractivity contribution < 1.29 is 39.3 Å². The topological polar surface area (TPSA) is 175 Å². The second-order valence-electron chi connectivity index (χ2n) is 8.79. The van der Waals surface area contributed by atoms with Crippen LogP contribution >= 0.6 is 11.6 Å². The molecule has 5 N–H and O–H groups in total. The number of amides is 1. The molecule has 170 valence electrons. The number of carbonyl (C=O) groups excluding carboxylic acids is 5. The lowest BCUT2D eigenvalue weighted by Crippen LogP contribution is -2.74. The van der Waals surface area contributed by atoms with Gasteiger partial charge in [0.25, 0.3) is 0 Å². The molecule has 2 fully saturated rings. The molecule has 7 unspecified atom stereocenters. The molecule has 7 atom stereocenters. The summed E-state index contributed by atoms with van der Waals surface area (Å²) in [5.74, 6) is -12.4. The lowest BCUT2D eigenvalue weighted by molar-refractivity contribution is -0.184. The minimum atomic E-state index is -2.84. The van der Waals surface area contributed by atoms with E-state index >= 15 is 0 Å². The summed E-state index contributed by atoms with van der Waals surface area (Å²) < 4.78 is 0. The molecule has 3 aliphatic carbocycles. The molecule has 4 rings (SSSR count). The van der Waals surface area contributed by atoms with E-state index in [1.54, 1.807) is 0 Å². The van der Waals surface area contributed by atoms with E-state index in [9.17, 15) is 39.3 Å². The van der Waals surface area contributed by atoms with Gasteiger partial charge in [-0.25, -0.2) is 0 Å². The number of rotatable bonds is 2. The number of halogens is 1. The molecule has 11 heteroatoms. The van der Waals surface area contributed by atoms with Crippen LogP contribution < -0.4 is 5.73 Å². The van der Waals surface area contributed by atoms with Crippen LogP contribution in [0.15, 0.2) is 12.1 Å². The van der Waals surface area contributed by atoms with Gasteiger partial charge in [-0.15, -0.1) is 0 Å². The number of aliphatic hydroxyl groups excluding tert-OH is 1. The average Bonchev–Trinajstić information content (AvgIpc) is 2.69. The highest BCUT2D eigenvalue weighted by Gasteiger charge is 2.70. The molecule has 0 spiro atoms. The van der Waals surface area contributed by atoms with Crippen LogP contribution in [0.1, 0.15) is 28.4 Å². The van der Waals surface area contributed by atoms with Gasteiger partial charge in [0.05, 0.1) is 23.6 Å². The van der Waals surface area contributed by atoms with E-state index in [1.165, 1.54) is 25.1 Å². The number of benzene rings is 1. The van der Waals surface area contributed by atoms with Crippen LogP contribution in [0.4, 0.5) is 0 Å². The lowest BCUT2D eigenvalue weighted by atomic mass is 9.52. The molecule has 0 saturated heterocycles. The fourth-order valence-electron chi connectivity index (χ4n) is 5.60. The van der Waals surface area contributed by atoms with E-state index in [0.29, 0.717) is 0 Å². The standard InChI is InChI=1S/C21H21ClN2O8/c1-24(2)14-7-5-6-10(16(27)12-9(25)4-3-8(22)11(12)15(6)26)18(29)21(7,32)19(30)13(17(14)28)20(23)31/h3-4,6-7,10,13-15,25-26,32H,5H2,1-2H3,(H2,23,31). The Morgan fingerprint density at radius 3 is 2.38 bits per heavy atom. The number of aliphatic hydroxyl groups is 2. The molecule has 0 bridgehead atoms. The first-order valence-electron chi connectivity index (χ1n) is 9.89. The number of carbonyl (C=O) groups is 5. The van der Waals surface area contributed by atoms with Crippen LogP contribution in [0.5, 0.6) is 5.75 Å². The molecule has 1 aromatic carbocycles. The van der Waals surface area contributed by atoms with Crippen molar-refractivity contribution in [3.8, 4) is 5.75 Å². The summed E-state index contributed by atoms with van der Waals surface area (Å²) in [7, 11) is 2.94. The van der Waals surface area contributed by atoms with Crippen molar-refractivity contribution in [2.45, 2.75) is 24.2 Å². The summed E-state index contributed by atoms with van der Waals surface area (Å²) in [6.45, 7) is 0. The van der Waals surface area contributed by atoms with Crippen molar-refractivity contribution in [3.05, 3.63) is 28.3 Å². The second kappa shape index (κ2) is 7.17. The van der Waals surface area contributed by atoms with Crippen LogP contribution in [0, 0.1) is 23.7 Å². The molecule has 0 radical (unpaired) electrons. The zero-order valence-electron chi connectivity index (χ0n) is 17.1. The molecule has 0 aliphatic heterocycles. The third-order valence-electron chi connectivity index (χ3n) is 6.99. The predicted octanol–water partition coefficient (Wildman–Crippen LogP) is -0.989. The first-order valence-corrected chi connectivity index (χ1v) is 10.3. The fraction of sp³-hybridized carbons (Fsp3) is 0.476. The van der Waals surface area contributed by atoms with Gasteiger partial charge in [0, 0.05) is 22.4 Å². The maximum absolute atomic E-state index is 13.5. The maximum atomic E-state index is 13.5. The van der Waals surface area contributed by atoms with Crippen molar-refractivity contribution in [1.82, 2.24) is 4.90 Å². The number of aromatic hydroxyl groups is 1. The maximum Gasteiger partial charge on any atom is 0.235 e. The molecular formula is C21H21ClN2O8. The SMILES string of the molecule is CN(C)C1C(=O)C(C(N)=O)C(=O)C2(O)C(=O)C3C(=O)c4c(O)ccc(Cl)c4C(O)C3CC12. The lowest BCUT2D eigenvalue weighted by Gasteiger charge is -2.53. The highest BCUT2D eigenvalue weighted by Crippen LogP contribution is 2.54. The van der Waals surface area contributed by atoms with Crippen molar-refractivity contribution in [1.29, 1.82) is 0 Å². The minimum absolute atomic E-state index is 0.000803. The van der Waals surface area contributed by atoms with Crippen LogP contribution in [0.2, 0.25) is 5.02 Å². The monoisotopic (exact) mass is 464 g/mol. The number of primary amides is 1.